The zero-order chi connectivity index (χ0) is 15.6. The molecule has 3 saturated carbocycles. The molecule has 3 aliphatic rings. The van der Waals surface area contributed by atoms with Gasteiger partial charge in [0.1, 0.15) is 11.9 Å². The summed E-state index contributed by atoms with van der Waals surface area (Å²) in [6.07, 6.45) is 13.2. The van der Waals surface area contributed by atoms with Crippen molar-refractivity contribution in [2.75, 3.05) is 0 Å². The molecule has 22 heavy (non-hydrogen) atoms. The highest BCUT2D eigenvalue weighted by molar-refractivity contribution is 5.33. The topological polar surface area (TPSA) is 23.8 Å². The molecule has 0 heterocycles. The van der Waals surface area contributed by atoms with Crippen molar-refractivity contribution >= 4 is 0 Å². The molecule has 0 amide bonds. The van der Waals surface area contributed by atoms with E-state index in [0.717, 1.165) is 12.0 Å². The maximum atomic E-state index is 13.7. The molecular formula is C20H26FN. The summed E-state index contributed by atoms with van der Waals surface area (Å²) in [6.45, 7) is 2.31. The average Bonchev–Trinajstić information content (AvgIpc) is 2.55. The third kappa shape index (κ3) is 2.91. The first kappa shape index (κ1) is 15.5. The fourth-order valence-corrected chi connectivity index (χ4v) is 4.84. The molecule has 2 heteroatoms. The molecule has 0 aromatic heterocycles. The first-order chi connectivity index (χ1) is 10.6. The van der Waals surface area contributed by atoms with Crippen LogP contribution in [0.5, 0.6) is 0 Å². The minimum absolute atomic E-state index is 0.154. The largest absolute Gasteiger partial charge is 0.206 e. The molecule has 0 spiro atoms. The fourth-order valence-electron chi connectivity index (χ4n) is 4.84. The Labute approximate surface area is 133 Å². The maximum absolute atomic E-state index is 13.7. The van der Waals surface area contributed by atoms with Gasteiger partial charge in [-0.05, 0) is 86.3 Å². The van der Waals surface area contributed by atoms with Crippen molar-refractivity contribution in [2.45, 2.75) is 71.1 Å². The Bertz CT molecular complexity index is 559. The number of nitrogens with zero attached hydrogens (tertiary/aromatic N) is 1. The average molecular weight is 299 g/mol. The van der Waals surface area contributed by atoms with E-state index in [4.69, 9.17) is 5.26 Å². The van der Waals surface area contributed by atoms with Crippen LogP contribution in [-0.2, 0) is 6.42 Å². The monoisotopic (exact) mass is 299 g/mol. The fraction of sp³-hybridized carbons (Fsp3) is 0.650. The summed E-state index contributed by atoms with van der Waals surface area (Å²) in [6, 6.07) is 7.00. The van der Waals surface area contributed by atoms with E-state index in [1.54, 1.807) is 12.1 Å². The molecule has 0 aliphatic heterocycles. The number of fused-ring (bicyclic) bond motifs is 3. The quantitative estimate of drug-likeness (QED) is 0.677. The van der Waals surface area contributed by atoms with Crippen molar-refractivity contribution in [3.8, 4) is 6.07 Å². The molecule has 1 aromatic carbocycles. The minimum Gasteiger partial charge on any atom is -0.206 e. The van der Waals surface area contributed by atoms with Crippen molar-refractivity contribution in [3.63, 3.8) is 0 Å². The van der Waals surface area contributed by atoms with Crippen LogP contribution in [0.3, 0.4) is 0 Å². The lowest BCUT2D eigenvalue weighted by Gasteiger charge is -2.54. The molecule has 0 unspecified atom stereocenters. The van der Waals surface area contributed by atoms with Gasteiger partial charge in [0.15, 0.2) is 0 Å². The smallest absolute Gasteiger partial charge is 0.141 e. The van der Waals surface area contributed by atoms with Gasteiger partial charge >= 0.3 is 0 Å². The first-order valence-corrected chi connectivity index (χ1v) is 8.79. The Balaban J connectivity index is 1.61. The maximum Gasteiger partial charge on any atom is 0.141 e. The summed E-state index contributed by atoms with van der Waals surface area (Å²) in [7, 11) is 0. The number of rotatable bonds is 5. The van der Waals surface area contributed by atoms with Gasteiger partial charge in [-0.2, -0.15) is 5.26 Å². The van der Waals surface area contributed by atoms with E-state index in [1.165, 1.54) is 57.8 Å². The molecule has 3 aliphatic carbocycles. The lowest BCUT2D eigenvalue weighted by Crippen LogP contribution is -2.41. The van der Waals surface area contributed by atoms with Crippen LogP contribution >= 0.6 is 0 Å². The zero-order valence-corrected chi connectivity index (χ0v) is 13.6. The SMILES string of the molecule is CCCC12CCC(CCc3ccc(C#N)c(F)c3)(CC1)CC2. The lowest BCUT2D eigenvalue weighted by atomic mass is 9.51. The van der Waals surface area contributed by atoms with E-state index in [1.807, 2.05) is 12.1 Å². The summed E-state index contributed by atoms with van der Waals surface area (Å²) in [5.74, 6) is -0.369. The molecule has 0 N–H and O–H groups in total. The second-order valence-electron chi connectivity index (χ2n) is 7.68. The summed E-state index contributed by atoms with van der Waals surface area (Å²) >= 11 is 0. The van der Waals surface area contributed by atoms with Crippen LogP contribution in [0.4, 0.5) is 4.39 Å². The van der Waals surface area contributed by atoms with Gasteiger partial charge < -0.3 is 0 Å². The standard InChI is InChI=1S/C20H26FN/c1-2-6-19-8-11-20(12-9-19,13-10-19)7-5-16-3-4-17(15-22)18(21)14-16/h3-4,14H,2,5-13H2,1H3. The third-order valence-corrected chi connectivity index (χ3v) is 6.44. The van der Waals surface area contributed by atoms with Crippen LogP contribution in [0.2, 0.25) is 0 Å². The third-order valence-electron chi connectivity index (χ3n) is 6.44. The number of hydrogen-bond acceptors (Lipinski definition) is 1. The second-order valence-corrected chi connectivity index (χ2v) is 7.68. The van der Waals surface area contributed by atoms with Crippen molar-refractivity contribution < 1.29 is 4.39 Å². The van der Waals surface area contributed by atoms with Crippen LogP contribution in [0.1, 0.15) is 75.8 Å². The van der Waals surface area contributed by atoms with Gasteiger partial charge in [0.25, 0.3) is 0 Å². The Morgan fingerprint density at radius 1 is 1.05 bits per heavy atom. The normalized spacial score (nSPS) is 30.2. The number of aryl methyl sites for hydroxylation is 1. The Morgan fingerprint density at radius 3 is 2.14 bits per heavy atom. The van der Waals surface area contributed by atoms with Gasteiger partial charge in [-0.25, -0.2) is 4.39 Å². The van der Waals surface area contributed by atoms with E-state index >= 15 is 0 Å². The van der Waals surface area contributed by atoms with Crippen molar-refractivity contribution in [1.82, 2.24) is 0 Å². The molecule has 0 saturated heterocycles. The molecule has 2 bridgehead atoms. The highest BCUT2D eigenvalue weighted by Crippen LogP contribution is 2.60. The number of nitriles is 1. The summed E-state index contributed by atoms with van der Waals surface area (Å²) in [4.78, 5) is 0. The first-order valence-electron chi connectivity index (χ1n) is 8.79. The molecule has 3 fully saturated rings. The van der Waals surface area contributed by atoms with Gasteiger partial charge in [0.2, 0.25) is 0 Å². The molecular weight excluding hydrogens is 273 g/mol. The van der Waals surface area contributed by atoms with Crippen molar-refractivity contribution in [2.24, 2.45) is 10.8 Å². The molecule has 0 radical (unpaired) electrons. The van der Waals surface area contributed by atoms with E-state index < -0.39 is 0 Å². The molecule has 1 aromatic rings. The lowest BCUT2D eigenvalue weighted by molar-refractivity contribution is -0.0195. The number of hydrogen-bond donors (Lipinski definition) is 0. The summed E-state index contributed by atoms with van der Waals surface area (Å²) < 4.78 is 13.7. The Kier molecular flexibility index (Phi) is 4.26. The zero-order valence-electron chi connectivity index (χ0n) is 13.6. The molecule has 1 nitrogen and oxygen atoms in total. The highest BCUT2D eigenvalue weighted by Gasteiger charge is 2.47. The van der Waals surface area contributed by atoms with Crippen LogP contribution in [-0.4, -0.2) is 0 Å². The van der Waals surface area contributed by atoms with Gasteiger partial charge in [0, 0.05) is 0 Å². The Hall–Kier alpha value is -1.36. The van der Waals surface area contributed by atoms with Crippen LogP contribution in [0.15, 0.2) is 18.2 Å². The predicted molar refractivity (Wildman–Crippen MR) is 86.9 cm³/mol. The van der Waals surface area contributed by atoms with Gasteiger partial charge in [-0.15, -0.1) is 0 Å². The molecule has 4 rings (SSSR count). The van der Waals surface area contributed by atoms with Gasteiger partial charge in [-0.3, -0.25) is 0 Å². The number of halogens is 1. The second kappa shape index (κ2) is 6.03. The van der Waals surface area contributed by atoms with E-state index in [0.29, 0.717) is 10.8 Å². The van der Waals surface area contributed by atoms with Crippen LogP contribution in [0, 0.1) is 28.0 Å². The summed E-state index contributed by atoms with van der Waals surface area (Å²) in [5.41, 5.74) is 2.38. The summed E-state index contributed by atoms with van der Waals surface area (Å²) in [5, 5.41) is 8.81. The molecule has 118 valence electrons. The van der Waals surface area contributed by atoms with Gasteiger partial charge in [-0.1, -0.05) is 19.4 Å². The van der Waals surface area contributed by atoms with E-state index in [9.17, 15) is 4.39 Å². The van der Waals surface area contributed by atoms with Gasteiger partial charge in [0.05, 0.1) is 5.56 Å². The molecule has 0 atom stereocenters. The Morgan fingerprint density at radius 2 is 1.64 bits per heavy atom. The minimum atomic E-state index is -0.369. The van der Waals surface area contributed by atoms with Crippen LogP contribution in [0.25, 0.3) is 0 Å². The van der Waals surface area contributed by atoms with Crippen molar-refractivity contribution in [3.05, 3.63) is 35.1 Å². The number of benzene rings is 1. The van der Waals surface area contributed by atoms with Crippen LogP contribution < -0.4 is 0 Å². The predicted octanol–water partition coefficient (Wildman–Crippen LogP) is 5.77. The van der Waals surface area contributed by atoms with E-state index in [-0.39, 0.29) is 11.4 Å². The van der Waals surface area contributed by atoms with E-state index in [2.05, 4.69) is 6.92 Å². The highest BCUT2D eigenvalue weighted by atomic mass is 19.1. The van der Waals surface area contributed by atoms with Crippen molar-refractivity contribution in [1.29, 1.82) is 5.26 Å².